The van der Waals surface area contributed by atoms with Crippen LogP contribution < -0.4 is 10.0 Å². The Kier molecular flexibility index (Phi) is 5.43. The molecule has 2 N–H and O–H groups in total. The summed E-state index contributed by atoms with van der Waals surface area (Å²) < 4.78 is 27.3. The number of benzene rings is 2. The number of hydrogen-bond acceptors (Lipinski definition) is 4. The van der Waals surface area contributed by atoms with E-state index in [1.165, 1.54) is 36.5 Å². The van der Waals surface area contributed by atoms with Gasteiger partial charge in [0, 0.05) is 6.20 Å². The maximum absolute atomic E-state index is 12.4. The molecule has 27 heavy (non-hydrogen) atoms. The molecule has 0 unspecified atom stereocenters. The van der Waals surface area contributed by atoms with E-state index in [1.54, 1.807) is 30.5 Å². The number of pyridine rings is 1. The molecular formula is C19H16ClN3O3S. The Morgan fingerprint density at radius 2 is 1.78 bits per heavy atom. The predicted molar refractivity (Wildman–Crippen MR) is 106 cm³/mol. The second-order valence-corrected chi connectivity index (χ2v) is 7.90. The molecule has 1 aromatic heterocycles. The van der Waals surface area contributed by atoms with Crippen LogP contribution in [-0.4, -0.2) is 19.3 Å². The molecule has 0 radical (unpaired) electrons. The van der Waals surface area contributed by atoms with Crippen LogP contribution in [0.1, 0.15) is 15.9 Å². The summed E-state index contributed by atoms with van der Waals surface area (Å²) in [4.78, 5) is 16.4. The molecule has 2 aromatic carbocycles. The zero-order chi connectivity index (χ0) is 19.4. The number of nitrogens with zero attached hydrogens (tertiary/aromatic N) is 1. The fraction of sp³-hybridized carbons (Fsp3) is 0.0526. The van der Waals surface area contributed by atoms with Crippen LogP contribution in [0.2, 0.25) is 5.02 Å². The molecule has 0 fully saturated rings. The molecular weight excluding hydrogens is 386 g/mol. The molecule has 1 amide bonds. The lowest BCUT2D eigenvalue weighted by molar-refractivity contribution is 0.102. The fourth-order valence-corrected chi connectivity index (χ4v) is 3.65. The van der Waals surface area contributed by atoms with Crippen molar-refractivity contribution in [1.82, 2.24) is 4.98 Å². The van der Waals surface area contributed by atoms with Crippen LogP contribution in [0.5, 0.6) is 0 Å². The largest absolute Gasteiger partial charge is 0.321 e. The van der Waals surface area contributed by atoms with Gasteiger partial charge in [-0.2, -0.15) is 0 Å². The summed E-state index contributed by atoms with van der Waals surface area (Å²) in [7, 11) is -3.75. The average molecular weight is 402 g/mol. The van der Waals surface area contributed by atoms with E-state index in [1.807, 2.05) is 6.92 Å². The highest BCUT2D eigenvalue weighted by Gasteiger charge is 2.16. The van der Waals surface area contributed by atoms with Gasteiger partial charge >= 0.3 is 0 Å². The fourth-order valence-electron chi connectivity index (χ4n) is 2.33. The summed E-state index contributed by atoms with van der Waals surface area (Å²) in [5, 5.41) is 2.80. The molecule has 3 rings (SSSR count). The zero-order valence-corrected chi connectivity index (χ0v) is 15.9. The summed E-state index contributed by atoms with van der Waals surface area (Å²) in [6.45, 7) is 1.87. The lowest BCUT2D eigenvalue weighted by Crippen LogP contribution is -2.15. The molecule has 0 aliphatic carbocycles. The zero-order valence-electron chi connectivity index (χ0n) is 14.3. The molecule has 3 aromatic rings. The van der Waals surface area contributed by atoms with E-state index in [0.717, 1.165) is 5.56 Å². The Labute approximate surface area is 162 Å². The first-order chi connectivity index (χ1) is 12.8. The normalized spacial score (nSPS) is 11.0. The number of carbonyl (C=O) groups is 1. The Hall–Kier alpha value is -2.90. The van der Waals surface area contributed by atoms with E-state index < -0.39 is 15.9 Å². The van der Waals surface area contributed by atoms with Gasteiger partial charge in [0.15, 0.2) is 0 Å². The van der Waals surface area contributed by atoms with Crippen LogP contribution in [0.15, 0.2) is 71.9 Å². The van der Waals surface area contributed by atoms with Crippen LogP contribution in [-0.2, 0) is 10.0 Å². The Morgan fingerprint density at radius 1 is 1.04 bits per heavy atom. The second kappa shape index (κ2) is 7.77. The Balaban J connectivity index is 1.78. The van der Waals surface area contributed by atoms with Crippen molar-refractivity contribution in [2.45, 2.75) is 11.8 Å². The predicted octanol–water partition coefficient (Wildman–Crippen LogP) is 4.10. The van der Waals surface area contributed by atoms with E-state index in [2.05, 4.69) is 15.0 Å². The van der Waals surface area contributed by atoms with Gasteiger partial charge in [0.1, 0.15) is 0 Å². The number of nitrogens with one attached hydrogen (secondary N) is 2. The molecule has 1 heterocycles. The van der Waals surface area contributed by atoms with Gasteiger partial charge in [0.2, 0.25) is 0 Å². The van der Waals surface area contributed by atoms with Gasteiger partial charge in [-0.15, -0.1) is 0 Å². The number of aryl methyl sites for hydroxylation is 1. The number of aromatic nitrogens is 1. The number of amides is 1. The molecule has 8 heteroatoms. The van der Waals surface area contributed by atoms with Gasteiger partial charge < -0.3 is 5.32 Å². The molecule has 6 nitrogen and oxygen atoms in total. The van der Waals surface area contributed by atoms with Crippen molar-refractivity contribution in [2.75, 3.05) is 10.0 Å². The molecule has 0 aliphatic rings. The third-order valence-electron chi connectivity index (χ3n) is 3.72. The van der Waals surface area contributed by atoms with Crippen LogP contribution >= 0.6 is 11.6 Å². The van der Waals surface area contributed by atoms with Gasteiger partial charge in [-0.3, -0.25) is 14.5 Å². The number of rotatable bonds is 5. The van der Waals surface area contributed by atoms with Crippen LogP contribution in [0, 0.1) is 6.92 Å². The van der Waals surface area contributed by atoms with Crippen molar-refractivity contribution in [3.63, 3.8) is 0 Å². The van der Waals surface area contributed by atoms with Crippen LogP contribution in [0.4, 0.5) is 11.4 Å². The van der Waals surface area contributed by atoms with Gasteiger partial charge in [-0.05, 0) is 49.4 Å². The first-order valence-electron chi connectivity index (χ1n) is 7.95. The number of sulfonamides is 1. The highest BCUT2D eigenvalue weighted by molar-refractivity contribution is 7.92. The number of halogens is 1. The van der Waals surface area contributed by atoms with E-state index in [-0.39, 0.29) is 21.2 Å². The highest BCUT2D eigenvalue weighted by atomic mass is 35.5. The highest BCUT2D eigenvalue weighted by Crippen LogP contribution is 2.24. The van der Waals surface area contributed by atoms with Crippen molar-refractivity contribution < 1.29 is 13.2 Å². The second-order valence-electron chi connectivity index (χ2n) is 5.81. The van der Waals surface area contributed by atoms with E-state index >= 15 is 0 Å². The van der Waals surface area contributed by atoms with Gasteiger partial charge in [0.25, 0.3) is 15.9 Å². The minimum atomic E-state index is -3.75. The standard InChI is InChI=1S/C19H16ClN3O3S/c1-13-4-7-16(8-5-13)27(25,26)23-14-6-9-17(18(20)11-14)19(24)22-15-3-2-10-21-12-15/h2-12,23H,1H3,(H,22,24). The number of anilines is 2. The summed E-state index contributed by atoms with van der Waals surface area (Å²) in [6, 6.07) is 14.2. The first kappa shape index (κ1) is 18.9. The quantitative estimate of drug-likeness (QED) is 0.673. The van der Waals surface area contributed by atoms with Crippen molar-refractivity contribution in [3.8, 4) is 0 Å². The molecule has 0 saturated carbocycles. The summed E-state index contributed by atoms with van der Waals surface area (Å²) in [6.07, 6.45) is 3.10. The average Bonchev–Trinajstić information content (AvgIpc) is 2.62. The third kappa shape index (κ3) is 4.64. The summed E-state index contributed by atoms with van der Waals surface area (Å²) in [5.41, 5.74) is 1.97. The minimum Gasteiger partial charge on any atom is -0.321 e. The van der Waals surface area contributed by atoms with Crippen molar-refractivity contribution in [3.05, 3.63) is 83.1 Å². The lowest BCUT2D eigenvalue weighted by Gasteiger charge is -2.11. The molecule has 0 atom stereocenters. The SMILES string of the molecule is Cc1ccc(S(=O)(=O)Nc2ccc(C(=O)Nc3cccnc3)c(Cl)c2)cc1. The first-order valence-corrected chi connectivity index (χ1v) is 9.82. The maximum Gasteiger partial charge on any atom is 0.261 e. The third-order valence-corrected chi connectivity index (χ3v) is 5.43. The van der Waals surface area contributed by atoms with E-state index in [9.17, 15) is 13.2 Å². The van der Waals surface area contributed by atoms with Gasteiger partial charge in [-0.1, -0.05) is 29.3 Å². The Morgan fingerprint density at radius 3 is 2.41 bits per heavy atom. The topological polar surface area (TPSA) is 88.2 Å². The van der Waals surface area contributed by atoms with E-state index in [4.69, 9.17) is 11.6 Å². The van der Waals surface area contributed by atoms with Crippen LogP contribution in [0.3, 0.4) is 0 Å². The molecule has 138 valence electrons. The van der Waals surface area contributed by atoms with Crippen molar-refractivity contribution >= 4 is 38.9 Å². The summed E-state index contributed by atoms with van der Waals surface area (Å²) in [5.74, 6) is -0.416. The van der Waals surface area contributed by atoms with Gasteiger partial charge in [0.05, 0.1) is 33.1 Å². The maximum atomic E-state index is 12.4. The minimum absolute atomic E-state index is 0.125. The molecule has 0 spiro atoms. The smallest absolute Gasteiger partial charge is 0.261 e. The monoisotopic (exact) mass is 401 g/mol. The van der Waals surface area contributed by atoms with Crippen LogP contribution in [0.25, 0.3) is 0 Å². The number of carbonyl (C=O) groups excluding carboxylic acids is 1. The van der Waals surface area contributed by atoms with Gasteiger partial charge in [-0.25, -0.2) is 8.42 Å². The molecule has 0 bridgehead atoms. The number of hydrogen-bond donors (Lipinski definition) is 2. The molecule has 0 aliphatic heterocycles. The summed E-state index contributed by atoms with van der Waals surface area (Å²) >= 11 is 6.17. The van der Waals surface area contributed by atoms with Crippen molar-refractivity contribution in [1.29, 1.82) is 0 Å². The van der Waals surface area contributed by atoms with Crippen molar-refractivity contribution in [2.24, 2.45) is 0 Å². The Bertz CT molecular complexity index is 1070. The van der Waals surface area contributed by atoms with E-state index in [0.29, 0.717) is 5.69 Å². The lowest BCUT2D eigenvalue weighted by atomic mass is 10.2. The molecule has 0 saturated heterocycles.